The Balaban J connectivity index is 0.000000189. The number of alkyl halides is 1. The van der Waals surface area contributed by atoms with Crippen LogP contribution < -0.4 is 9.80 Å². The van der Waals surface area contributed by atoms with Gasteiger partial charge in [0.15, 0.2) is 0 Å². The Morgan fingerprint density at radius 2 is 1.15 bits per heavy atom. The minimum absolute atomic E-state index is 0.0309. The number of carbonyl (C=O) groups excluding carboxylic acids is 5. The molecular weight excluding hydrogens is 677 g/mol. The number of anilines is 2. The number of halogens is 5. The first-order valence-electron chi connectivity index (χ1n) is 13.8. The van der Waals surface area contributed by atoms with Crippen molar-refractivity contribution in [1.29, 1.82) is 0 Å². The number of esters is 1. The summed E-state index contributed by atoms with van der Waals surface area (Å²) in [7, 11) is 0. The first-order valence-corrected chi connectivity index (χ1v) is 15.1. The van der Waals surface area contributed by atoms with Crippen LogP contribution in [0.25, 0.3) is 6.08 Å². The number of hydrogen-bond donors (Lipinski definition) is 0. The molecule has 2 heterocycles. The van der Waals surface area contributed by atoms with Gasteiger partial charge in [-0.3, -0.25) is 19.2 Å². The van der Waals surface area contributed by atoms with Crippen LogP contribution in [0.3, 0.4) is 0 Å². The van der Waals surface area contributed by atoms with Crippen LogP contribution in [-0.4, -0.2) is 36.2 Å². The number of ether oxygens (including phenoxy) is 1. The zero-order valence-corrected chi connectivity index (χ0v) is 26.5. The molecule has 0 atom stereocenters. The summed E-state index contributed by atoms with van der Waals surface area (Å²) in [5, 5.41) is 0.186. The van der Waals surface area contributed by atoms with Crippen molar-refractivity contribution in [2.75, 3.05) is 16.4 Å². The monoisotopic (exact) mass is 696 g/mol. The van der Waals surface area contributed by atoms with Crippen LogP contribution >= 0.6 is 34.8 Å². The fourth-order valence-corrected chi connectivity index (χ4v) is 5.59. The van der Waals surface area contributed by atoms with Gasteiger partial charge in [0, 0.05) is 17.0 Å². The second-order valence-corrected chi connectivity index (χ2v) is 11.0. The molecule has 0 aliphatic carbocycles. The number of hydrogen-bond acceptors (Lipinski definition) is 6. The van der Waals surface area contributed by atoms with Gasteiger partial charge in [0.05, 0.1) is 45.3 Å². The van der Waals surface area contributed by atoms with Gasteiger partial charge in [-0.25, -0.2) is 23.4 Å². The SMILES string of the molecule is CCOC(=O)/C=C/c1cc(N2C(=O)c3ccccc3C2=O)c(F)cc1Cl.O=C1c2ccccc2C(=O)N1c1cc(CCl)c(Cl)cc1F. The first-order chi connectivity index (χ1) is 22.5. The molecule has 2 aliphatic rings. The average molecular weight is 698 g/mol. The number of imide groups is 2. The van der Waals surface area contributed by atoms with E-state index in [2.05, 4.69) is 0 Å². The summed E-state index contributed by atoms with van der Waals surface area (Å²) in [5.41, 5.74) is 1.27. The van der Waals surface area contributed by atoms with E-state index in [0.717, 1.165) is 28.0 Å². The standard InChI is InChI=1S/C19H13ClFNO4.C15H8Cl2FNO2/c1-2-26-17(23)8-7-11-9-16(15(21)10-14(11)20)22-18(24)12-5-3-4-6-13(12)19(22)25;16-7-8-5-13(12(18)6-11(8)17)19-14(20)9-3-1-2-4-10(9)15(19)21/h3-10H,2H2,1H3;1-6H,7H2/b8-7+;. The van der Waals surface area contributed by atoms with Gasteiger partial charge in [-0.1, -0.05) is 47.5 Å². The molecule has 0 N–H and O–H groups in total. The van der Waals surface area contributed by atoms with Crippen LogP contribution in [0.4, 0.5) is 20.2 Å². The summed E-state index contributed by atoms with van der Waals surface area (Å²) in [4.78, 5) is 62.7. The van der Waals surface area contributed by atoms with Crippen molar-refractivity contribution in [1.82, 2.24) is 0 Å². The van der Waals surface area contributed by atoms with E-state index in [4.69, 9.17) is 39.5 Å². The van der Waals surface area contributed by atoms with Crippen molar-refractivity contribution in [2.45, 2.75) is 12.8 Å². The lowest BCUT2D eigenvalue weighted by atomic mass is 10.1. The predicted octanol–water partition coefficient (Wildman–Crippen LogP) is 7.87. The van der Waals surface area contributed by atoms with Gasteiger partial charge in [0.2, 0.25) is 0 Å². The van der Waals surface area contributed by atoms with Gasteiger partial charge < -0.3 is 4.74 Å². The molecule has 8 nitrogen and oxygen atoms in total. The van der Waals surface area contributed by atoms with Crippen LogP contribution in [0.1, 0.15) is 59.5 Å². The molecule has 4 aromatic rings. The van der Waals surface area contributed by atoms with Crippen molar-refractivity contribution < 1.29 is 37.5 Å². The highest BCUT2D eigenvalue weighted by atomic mass is 35.5. The highest BCUT2D eigenvalue weighted by molar-refractivity contribution is 6.36. The zero-order chi connectivity index (χ0) is 34.0. The Hall–Kier alpha value is -4.90. The second-order valence-electron chi connectivity index (χ2n) is 9.92. The van der Waals surface area contributed by atoms with E-state index < -0.39 is 41.2 Å². The van der Waals surface area contributed by atoms with Gasteiger partial charge in [-0.05, 0) is 72.7 Å². The summed E-state index contributed by atoms with van der Waals surface area (Å²) in [6.07, 6.45) is 2.47. The fourth-order valence-electron chi connectivity index (χ4n) is 4.87. The molecule has 0 spiro atoms. The zero-order valence-electron chi connectivity index (χ0n) is 24.2. The van der Waals surface area contributed by atoms with Crippen LogP contribution in [0.15, 0.2) is 78.9 Å². The fraction of sp³-hybridized carbons (Fsp3) is 0.0882. The molecule has 238 valence electrons. The third kappa shape index (κ3) is 6.40. The number of amides is 4. The van der Waals surface area contributed by atoms with Gasteiger partial charge >= 0.3 is 5.97 Å². The largest absolute Gasteiger partial charge is 0.463 e. The van der Waals surface area contributed by atoms with E-state index in [1.165, 1.54) is 42.5 Å². The Morgan fingerprint density at radius 1 is 0.723 bits per heavy atom. The lowest BCUT2D eigenvalue weighted by Crippen LogP contribution is -2.30. The Labute approximate surface area is 281 Å². The van der Waals surface area contributed by atoms with Gasteiger partial charge in [-0.15, -0.1) is 11.6 Å². The van der Waals surface area contributed by atoms with Crippen LogP contribution in [0.5, 0.6) is 0 Å². The third-order valence-electron chi connectivity index (χ3n) is 7.08. The van der Waals surface area contributed by atoms with E-state index in [1.807, 2.05) is 0 Å². The van der Waals surface area contributed by atoms with Crippen molar-refractivity contribution in [3.8, 4) is 0 Å². The smallest absolute Gasteiger partial charge is 0.330 e. The molecule has 4 amide bonds. The quantitative estimate of drug-likeness (QED) is 0.0880. The lowest BCUT2D eigenvalue weighted by Gasteiger charge is -2.16. The van der Waals surface area contributed by atoms with Crippen LogP contribution in [0.2, 0.25) is 10.0 Å². The van der Waals surface area contributed by atoms with E-state index in [-0.39, 0.29) is 61.7 Å². The Kier molecular flexibility index (Phi) is 9.85. The molecule has 6 rings (SSSR count). The molecule has 0 saturated carbocycles. The molecule has 47 heavy (non-hydrogen) atoms. The van der Waals surface area contributed by atoms with Crippen LogP contribution in [-0.2, 0) is 15.4 Å². The summed E-state index contributed by atoms with van der Waals surface area (Å²) in [5.74, 6) is -4.46. The second kappa shape index (κ2) is 13.8. The van der Waals surface area contributed by atoms with E-state index in [0.29, 0.717) is 5.56 Å². The summed E-state index contributed by atoms with van der Waals surface area (Å²) < 4.78 is 33.3. The van der Waals surface area contributed by atoms with Crippen molar-refractivity contribution in [2.24, 2.45) is 0 Å². The maximum atomic E-state index is 14.4. The number of fused-ring (bicyclic) bond motifs is 2. The highest BCUT2D eigenvalue weighted by Crippen LogP contribution is 2.35. The molecule has 0 unspecified atom stereocenters. The predicted molar refractivity (Wildman–Crippen MR) is 173 cm³/mol. The Bertz CT molecular complexity index is 1950. The van der Waals surface area contributed by atoms with Crippen molar-refractivity contribution >= 4 is 81.9 Å². The van der Waals surface area contributed by atoms with E-state index in [1.54, 1.807) is 31.2 Å². The number of rotatable bonds is 6. The van der Waals surface area contributed by atoms with Gasteiger partial charge in [-0.2, -0.15) is 0 Å². The molecule has 13 heteroatoms. The third-order valence-corrected chi connectivity index (χ3v) is 8.05. The minimum Gasteiger partial charge on any atom is -0.463 e. The van der Waals surface area contributed by atoms with Gasteiger partial charge in [0.25, 0.3) is 23.6 Å². The lowest BCUT2D eigenvalue weighted by molar-refractivity contribution is -0.137. The number of benzene rings is 4. The number of carbonyl (C=O) groups is 5. The normalized spacial score (nSPS) is 13.6. The maximum Gasteiger partial charge on any atom is 0.330 e. The molecule has 0 fully saturated rings. The average Bonchev–Trinajstić information content (AvgIpc) is 3.45. The molecular formula is C34H21Cl3F2N2O6. The van der Waals surface area contributed by atoms with E-state index in [9.17, 15) is 32.8 Å². The van der Waals surface area contributed by atoms with Gasteiger partial charge in [0.1, 0.15) is 11.6 Å². The minimum atomic E-state index is -0.821. The summed E-state index contributed by atoms with van der Waals surface area (Å²) >= 11 is 17.6. The van der Waals surface area contributed by atoms with Crippen molar-refractivity contribution in [3.63, 3.8) is 0 Å². The topological polar surface area (TPSA) is 101 Å². The highest BCUT2D eigenvalue weighted by Gasteiger charge is 2.39. The molecule has 2 aliphatic heterocycles. The molecule has 0 aromatic heterocycles. The molecule has 4 aromatic carbocycles. The van der Waals surface area contributed by atoms with Crippen LogP contribution in [0, 0.1) is 11.6 Å². The number of nitrogens with zero attached hydrogens (tertiary/aromatic N) is 2. The first kappa shape index (κ1) is 33.5. The maximum absolute atomic E-state index is 14.4. The molecule has 0 radical (unpaired) electrons. The molecule has 0 bridgehead atoms. The molecule has 0 saturated heterocycles. The Morgan fingerprint density at radius 3 is 1.57 bits per heavy atom. The van der Waals surface area contributed by atoms with E-state index >= 15 is 0 Å². The summed E-state index contributed by atoms with van der Waals surface area (Å²) in [6.45, 7) is 1.87. The summed E-state index contributed by atoms with van der Waals surface area (Å²) in [6, 6.07) is 17.2. The van der Waals surface area contributed by atoms with Crippen molar-refractivity contribution in [3.05, 3.63) is 134 Å².